The van der Waals surface area contributed by atoms with Gasteiger partial charge in [-0.25, -0.2) is 9.97 Å². The van der Waals surface area contributed by atoms with Gasteiger partial charge < -0.3 is 15.3 Å². The van der Waals surface area contributed by atoms with Gasteiger partial charge in [-0.1, -0.05) is 6.07 Å². The lowest BCUT2D eigenvalue weighted by Crippen LogP contribution is -2.40. The van der Waals surface area contributed by atoms with Crippen LogP contribution < -0.4 is 5.32 Å². The van der Waals surface area contributed by atoms with Crippen LogP contribution in [0.15, 0.2) is 23.6 Å². The highest BCUT2D eigenvalue weighted by Crippen LogP contribution is 2.27. The smallest absolute Gasteiger partial charge is 0.273 e. The fourth-order valence-electron chi connectivity index (χ4n) is 4.06. The second-order valence-corrected chi connectivity index (χ2v) is 8.72. The molecule has 30 heavy (non-hydrogen) atoms. The molecule has 0 radical (unpaired) electrons. The van der Waals surface area contributed by atoms with E-state index in [1.165, 1.54) is 11.3 Å². The van der Waals surface area contributed by atoms with Crippen LogP contribution >= 0.6 is 11.3 Å². The maximum Gasteiger partial charge on any atom is 0.273 e. The minimum absolute atomic E-state index is 0.0901. The first kappa shape index (κ1) is 20.7. The van der Waals surface area contributed by atoms with Gasteiger partial charge in [0.05, 0.1) is 18.7 Å². The number of aromatic nitrogens is 2. The summed E-state index contributed by atoms with van der Waals surface area (Å²) in [6.07, 6.45) is 3.06. The highest BCUT2D eigenvalue weighted by atomic mass is 32.1. The Labute approximate surface area is 180 Å². The fourth-order valence-corrected chi connectivity index (χ4v) is 4.75. The van der Waals surface area contributed by atoms with Gasteiger partial charge in [-0.05, 0) is 44.4 Å². The van der Waals surface area contributed by atoms with E-state index >= 15 is 0 Å². The number of hydrogen-bond acceptors (Lipinski definition) is 8. The van der Waals surface area contributed by atoms with Gasteiger partial charge in [-0.15, -0.1) is 11.3 Å². The average molecular weight is 427 g/mol. The summed E-state index contributed by atoms with van der Waals surface area (Å²) < 4.78 is 0. The standard InChI is InChI=1S/C21H26N6O2S/c22-8-12-26-9-2-3-15(13-26)17-4-1-5-19(23-17)25-21-24-18(14-30-21)20(29)27-10-6-16(28)7-11-27/h1,4-5,14-16,28H,2-3,6-7,9-13H2,(H,23,24,25). The molecule has 0 aromatic carbocycles. The molecule has 4 heterocycles. The van der Waals surface area contributed by atoms with Crippen molar-refractivity contribution in [3.63, 3.8) is 0 Å². The lowest BCUT2D eigenvalue weighted by atomic mass is 9.94. The normalized spacial score (nSPS) is 20.7. The zero-order valence-electron chi connectivity index (χ0n) is 16.8. The summed E-state index contributed by atoms with van der Waals surface area (Å²) in [4.78, 5) is 25.8. The minimum Gasteiger partial charge on any atom is -0.393 e. The van der Waals surface area contributed by atoms with Crippen LogP contribution in [0.3, 0.4) is 0 Å². The van der Waals surface area contributed by atoms with Crippen molar-refractivity contribution < 1.29 is 9.90 Å². The zero-order chi connectivity index (χ0) is 20.9. The summed E-state index contributed by atoms with van der Waals surface area (Å²) in [6.45, 7) is 3.40. The number of piperidine rings is 2. The first-order valence-electron chi connectivity index (χ1n) is 10.4. The van der Waals surface area contributed by atoms with Gasteiger partial charge >= 0.3 is 0 Å². The Morgan fingerprint density at radius 2 is 2.10 bits per heavy atom. The number of thiazole rings is 1. The summed E-state index contributed by atoms with van der Waals surface area (Å²) in [5.41, 5.74) is 1.44. The van der Waals surface area contributed by atoms with Crippen LogP contribution in [0.2, 0.25) is 0 Å². The summed E-state index contributed by atoms with van der Waals surface area (Å²) >= 11 is 1.38. The van der Waals surface area contributed by atoms with Gasteiger partial charge in [0, 0.05) is 36.6 Å². The largest absolute Gasteiger partial charge is 0.393 e. The number of pyridine rings is 1. The molecule has 158 valence electrons. The zero-order valence-corrected chi connectivity index (χ0v) is 17.6. The van der Waals surface area contributed by atoms with Crippen LogP contribution in [0, 0.1) is 11.3 Å². The number of carbonyl (C=O) groups is 1. The lowest BCUT2D eigenvalue weighted by Gasteiger charge is -2.30. The third kappa shape index (κ3) is 4.95. The van der Waals surface area contributed by atoms with E-state index in [9.17, 15) is 9.90 Å². The number of aliphatic hydroxyl groups is 1. The van der Waals surface area contributed by atoms with Crippen LogP contribution in [0.5, 0.6) is 0 Å². The van der Waals surface area contributed by atoms with E-state index in [-0.39, 0.29) is 12.0 Å². The number of rotatable bonds is 5. The van der Waals surface area contributed by atoms with Crippen LogP contribution in [-0.2, 0) is 0 Å². The molecule has 2 saturated heterocycles. The number of anilines is 2. The van der Waals surface area contributed by atoms with E-state index < -0.39 is 0 Å². The van der Waals surface area contributed by atoms with E-state index in [1.54, 1.807) is 10.3 Å². The molecule has 2 fully saturated rings. The molecule has 0 saturated carbocycles. The Balaban J connectivity index is 1.40. The van der Waals surface area contributed by atoms with Gasteiger partial charge in [-0.3, -0.25) is 9.69 Å². The van der Waals surface area contributed by atoms with Gasteiger partial charge in [0.25, 0.3) is 5.91 Å². The van der Waals surface area contributed by atoms with E-state index in [4.69, 9.17) is 10.2 Å². The van der Waals surface area contributed by atoms with Crippen LogP contribution in [0.25, 0.3) is 0 Å². The van der Waals surface area contributed by atoms with Gasteiger partial charge in [0.1, 0.15) is 11.5 Å². The molecule has 1 atom stereocenters. The monoisotopic (exact) mass is 426 g/mol. The number of hydrogen-bond donors (Lipinski definition) is 2. The molecule has 0 spiro atoms. The number of amides is 1. The summed E-state index contributed by atoms with van der Waals surface area (Å²) in [6, 6.07) is 8.14. The van der Waals surface area contributed by atoms with Crippen LogP contribution in [0.4, 0.5) is 10.9 Å². The molecule has 2 aromatic rings. The Morgan fingerprint density at radius 3 is 2.90 bits per heavy atom. The number of carbonyl (C=O) groups excluding carboxylic acids is 1. The molecule has 9 heteroatoms. The van der Waals surface area contributed by atoms with Crippen molar-refractivity contribution in [1.29, 1.82) is 5.26 Å². The molecule has 2 aliphatic heterocycles. The van der Waals surface area contributed by atoms with Gasteiger partial charge in [0.15, 0.2) is 5.13 Å². The molecule has 4 rings (SSSR count). The second-order valence-electron chi connectivity index (χ2n) is 7.87. The van der Waals surface area contributed by atoms with Crippen molar-refractivity contribution in [2.75, 3.05) is 38.0 Å². The molecule has 2 aromatic heterocycles. The molecule has 1 unspecified atom stereocenters. The van der Waals surface area contributed by atoms with Crippen molar-refractivity contribution in [3.8, 4) is 6.07 Å². The van der Waals surface area contributed by atoms with Crippen LogP contribution in [-0.4, -0.2) is 69.6 Å². The van der Waals surface area contributed by atoms with Crippen molar-refractivity contribution in [1.82, 2.24) is 19.8 Å². The predicted molar refractivity (Wildman–Crippen MR) is 115 cm³/mol. The maximum atomic E-state index is 12.6. The first-order chi connectivity index (χ1) is 14.6. The SMILES string of the molecule is N#CCN1CCCC(c2cccc(Nc3nc(C(=O)N4CCC(O)CC4)cs3)n2)C1. The maximum absolute atomic E-state index is 12.6. The Kier molecular flexibility index (Phi) is 6.57. The Morgan fingerprint density at radius 1 is 1.27 bits per heavy atom. The van der Waals surface area contributed by atoms with E-state index in [1.807, 2.05) is 18.2 Å². The molecule has 2 N–H and O–H groups in total. The molecule has 2 aliphatic rings. The number of nitriles is 1. The summed E-state index contributed by atoms with van der Waals surface area (Å²) in [7, 11) is 0. The molecular weight excluding hydrogens is 400 g/mol. The molecule has 0 aliphatic carbocycles. The third-order valence-corrected chi connectivity index (χ3v) is 6.46. The quantitative estimate of drug-likeness (QED) is 0.708. The second kappa shape index (κ2) is 9.51. The Hall–Kier alpha value is -2.54. The van der Waals surface area contributed by atoms with Gasteiger partial charge in [-0.2, -0.15) is 5.26 Å². The van der Waals surface area contributed by atoms with E-state index in [2.05, 4.69) is 21.3 Å². The molecule has 0 bridgehead atoms. The number of nitrogens with zero attached hydrogens (tertiary/aromatic N) is 5. The fraction of sp³-hybridized carbons (Fsp3) is 0.524. The molecular formula is C21H26N6O2S. The van der Waals surface area contributed by atoms with E-state index in [0.29, 0.717) is 55.0 Å². The van der Waals surface area contributed by atoms with Crippen molar-refractivity contribution in [2.45, 2.75) is 37.7 Å². The van der Waals surface area contributed by atoms with Gasteiger partial charge in [0.2, 0.25) is 0 Å². The lowest BCUT2D eigenvalue weighted by molar-refractivity contribution is 0.0542. The first-order valence-corrected chi connectivity index (χ1v) is 11.3. The number of likely N-dealkylation sites (tertiary alicyclic amines) is 2. The number of nitrogens with one attached hydrogen (secondary N) is 1. The highest BCUT2D eigenvalue weighted by Gasteiger charge is 2.25. The average Bonchev–Trinajstić information content (AvgIpc) is 3.23. The van der Waals surface area contributed by atoms with Crippen molar-refractivity contribution >= 4 is 28.2 Å². The minimum atomic E-state index is -0.309. The summed E-state index contributed by atoms with van der Waals surface area (Å²) in [5, 5.41) is 24.2. The van der Waals surface area contributed by atoms with Crippen LogP contribution in [0.1, 0.15) is 47.8 Å². The molecule has 1 amide bonds. The third-order valence-electron chi connectivity index (χ3n) is 5.70. The Bertz CT molecular complexity index is 918. The van der Waals surface area contributed by atoms with Crippen molar-refractivity contribution in [2.24, 2.45) is 0 Å². The summed E-state index contributed by atoms with van der Waals surface area (Å²) in [5.74, 6) is 0.934. The van der Waals surface area contributed by atoms with Crippen molar-refractivity contribution in [3.05, 3.63) is 35.0 Å². The van der Waals surface area contributed by atoms with E-state index in [0.717, 1.165) is 31.6 Å². The predicted octanol–water partition coefficient (Wildman–Crippen LogP) is 2.58. The number of aliphatic hydroxyl groups excluding tert-OH is 1. The highest BCUT2D eigenvalue weighted by molar-refractivity contribution is 7.14. The topological polar surface area (TPSA) is 105 Å². The molecule has 8 nitrogen and oxygen atoms in total.